The van der Waals surface area contributed by atoms with Crippen molar-refractivity contribution >= 4 is 17.5 Å². The van der Waals surface area contributed by atoms with Crippen molar-refractivity contribution in [1.82, 2.24) is 4.90 Å². The first-order valence-electron chi connectivity index (χ1n) is 13.6. The van der Waals surface area contributed by atoms with E-state index in [1.54, 1.807) is 37.8 Å². The maximum atomic E-state index is 14.9. The Morgan fingerprint density at radius 1 is 0.949 bits per heavy atom. The standard InChI is InChI=1S/C33H39FN2O3/c1-21-10-7-14-27(34)28(21)31(38)36-19-9-13-26(29(36)22-15-17-23(18-16-22)33(5,6)39)30(37)35-25-12-8-11-24(20-25)32(2,3)4/h7-8,10-12,14-18,20,26,29,39H,9,13,19H2,1-6H3,(H,35,37)/t26-,29-/m0/s1. The molecule has 6 heteroatoms. The molecule has 2 amide bonds. The second-order valence-corrected chi connectivity index (χ2v) is 12.1. The number of hydrogen-bond acceptors (Lipinski definition) is 3. The molecule has 5 nitrogen and oxygen atoms in total. The number of nitrogens with zero attached hydrogens (tertiary/aromatic N) is 1. The van der Waals surface area contributed by atoms with Crippen molar-refractivity contribution in [3.63, 3.8) is 0 Å². The minimum Gasteiger partial charge on any atom is -0.386 e. The molecule has 0 aromatic heterocycles. The third-order valence-electron chi connectivity index (χ3n) is 7.62. The third-order valence-corrected chi connectivity index (χ3v) is 7.62. The molecule has 0 radical (unpaired) electrons. The Labute approximate surface area is 231 Å². The molecule has 3 aromatic carbocycles. The lowest BCUT2D eigenvalue weighted by atomic mass is 9.82. The first-order valence-corrected chi connectivity index (χ1v) is 13.6. The van der Waals surface area contributed by atoms with Gasteiger partial charge in [-0.25, -0.2) is 4.39 Å². The highest BCUT2D eigenvalue weighted by atomic mass is 19.1. The van der Waals surface area contributed by atoms with Gasteiger partial charge in [0, 0.05) is 12.2 Å². The van der Waals surface area contributed by atoms with Crippen LogP contribution >= 0.6 is 0 Å². The smallest absolute Gasteiger partial charge is 0.257 e. The highest BCUT2D eigenvalue weighted by molar-refractivity contribution is 5.98. The summed E-state index contributed by atoms with van der Waals surface area (Å²) in [5, 5.41) is 13.5. The summed E-state index contributed by atoms with van der Waals surface area (Å²) < 4.78 is 14.9. The number of aliphatic hydroxyl groups is 1. The minimum atomic E-state index is -1.03. The molecular weight excluding hydrogens is 491 g/mol. The highest BCUT2D eigenvalue weighted by Gasteiger charge is 2.40. The van der Waals surface area contributed by atoms with Crippen molar-refractivity contribution in [2.45, 2.75) is 71.4 Å². The largest absolute Gasteiger partial charge is 0.386 e. The summed E-state index contributed by atoms with van der Waals surface area (Å²) in [7, 11) is 0. The predicted octanol–water partition coefficient (Wildman–Crippen LogP) is 6.89. The molecule has 2 atom stereocenters. The number of hydrogen-bond donors (Lipinski definition) is 2. The van der Waals surface area contributed by atoms with Crippen LogP contribution in [-0.2, 0) is 15.8 Å². The van der Waals surface area contributed by atoms with Gasteiger partial charge in [-0.05, 0) is 79.5 Å². The molecular formula is C33H39FN2O3. The summed E-state index contributed by atoms with van der Waals surface area (Å²) in [6.07, 6.45) is 1.21. The van der Waals surface area contributed by atoms with Gasteiger partial charge < -0.3 is 15.3 Å². The van der Waals surface area contributed by atoms with Gasteiger partial charge in [0.25, 0.3) is 5.91 Å². The number of likely N-dealkylation sites (tertiary alicyclic amines) is 1. The number of halogens is 1. The van der Waals surface area contributed by atoms with E-state index in [-0.39, 0.29) is 16.9 Å². The van der Waals surface area contributed by atoms with Crippen LogP contribution in [0.2, 0.25) is 0 Å². The van der Waals surface area contributed by atoms with Crippen LogP contribution in [0.15, 0.2) is 66.7 Å². The number of anilines is 1. The number of carbonyl (C=O) groups excluding carboxylic acids is 2. The Morgan fingerprint density at radius 3 is 2.23 bits per heavy atom. The van der Waals surface area contributed by atoms with Gasteiger partial charge in [0.1, 0.15) is 5.82 Å². The SMILES string of the molecule is Cc1cccc(F)c1C(=O)N1CCC[C@H](C(=O)Nc2cccc(C(C)(C)C)c2)[C@@H]1c1ccc(C(C)(C)O)cc1. The molecule has 39 heavy (non-hydrogen) atoms. The minimum absolute atomic E-state index is 0.0366. The van der Waals surface area contributed by atoms with E-state index >= 15 is 0 Å². The second-order valence-electron chi connectivity index (χ2n) is 12.1. The molecule has 0 unspecified atom stereocenters. The Hall–Kier alpha value is -3.51. The van der Waals surface area contributed by atoms with E-state index in [4.69, 9.17) is 0 Å². The molecule has 0 saturated carbocycles. The zero-order valence-corrected chi connectivity index (χ0v) is 23.7. The normalized spacial score (nSPS) is 18.1. The molecule has 0 aliphatic carbocycles. The number of amides is 2. The van der Waals surface area contributed by atoms with Crippen molar-refractivity contribution in [2.24, 2.45) is 5.92 Å². The zero-order valence-electron chi connectivity index (χ0n) is 23.7. The van der Waals surface area contributed by atoms with Gasteiger partial charge in [-0.3, -0.25) is 9.59 Å². The van der Waals surface area contributed by atoms with E-state index in [1.807, 2.05) is 48.5 Å². The van der Waals surface area contributed by atoms with Crippen molar-refractivity contribution in [3.05, 3.63) is 100 Å². The van der Waals surface area contributed by atoms with Crippen LogP contribution in [0.1, 0.15) is 86.1 Å². The maximum Gasteiger partial charge on any atom is 0.257 e. The maximum absolute atomic E-state index is 14.9. The van der Waals surface area contributed by atoms with E-state index < -0.39 is 29.3 Å². The van der Waals surface area contributed by atoms with Crippen LogP contribution in [0.4, 0.5) is 10.1 Å². The van der Waals surface area contributed by atoms with E-state index in [1.165, 1.54) is 6.07 Å². The van der Waals surface area contributed by atoms with Crippen LogP contribution in [-0.4, -0.2) is 28.4 Å². The molecule has 206 valence electrons. The highest BCUT2D eigenvalue weighted by Crippen LogP contribution is 2.39. The van der Waals surface area contributed by atoms with Gasteiger partial charge in [-0.1, -0.05) is 69.3 Å². The Balaban J connectivity index is 1.73. The summed E-state index contributed by atoms with van der Waals surface area (Å²) in [5.74, 6) is -1.71. The summed E-state index contributed by atoms with van der Waals surface area (Å²) in [6.45, 7) is 11.9. The molecule has 1 heterocycles. The molecule has 4 rings (SSSR count). The van der Waals surface area contributed by atoms with E-state index in [2.05, 4.69) is 26.1 Å². The Bertz CT molecular complexity index is 1330. The van der Waals surface area contributed by atoms with Crippen molar-refractivity contribution in [3.8, 4) is 0 Å². The summed E-state index contributed by atoms with van der Waals surface area (Å²) >= 11 is 0. The van der Waals surface area contributed by atoms with E-state index in [0.29, 0.717) is 30.6 Å². The molecule has 1 saturated heterocycles. The van der Waals surface area contributed by atoms with Crippen LogP contribution in [0.5, 0.6) is 0 Å². The number of rotatable bonds is 5. The summed E-state index contributed by atoms with van der Waals surface area (Å²) in [5.41, 5.74) is 2.80. The molecule has 3 aromatic rings. The van der Waals surface area contributed by atoms with E-state index in [9.17, 15) is 19.1 Å². The predicted molar refractivity (Wildman–Crippen MR) is 153 cm³/mol. The molecule has 0 spiro atoms. The fraction of sp³-hybridized carbons (Fsp3) is 0.394. The molecule has 1 aliphatic heterocycles. The van der Waals surface area contributed by atoms with Gasteiger partial charge >= 0.3 is 0 Å². The average molecular weight is 531 g/mol. The average Bonchev–Trinajstić information content (AvgIpc) is 2.87. The van der Waals surface area contributed by atoms with Crippen LogP contribution in [0.25, 0.3) is 0 Å². The number of benzene rings is 3. The molecule has 2 N–H and O–H groups in total. The Kier molecular flexibility index (Phi) is 7.99. The van der Waals surface area contributed by atoms with Crippen molar-refractivity contribution < 1.29 is 19.1 Å². The first-order chi connectivity index (χ1) is 18.3. The van der Waals surface area contributed by atoms with Gasteiger partial charge in [-0.15, -0.1) is 0 Å². The molecule has 1 aliphatic rings. The quantitative estimate of drug-likeness (QED) is 0.377. The van der Waals surface area contributed by atoms with Crippen LogP contribution in [0, 0.1) is 18.7 Å². The van der Waals surface area contributed by atoms with Crippen molar-refractivity contribution in [1.29, 1.82) is 0 Å². The van der Waals surface area contributed by atoms with E-state index in [0.717, 1.165) is 16.7 Å². The number of aryl methyl sites for hydroxylation is 1. The topological polar surface area (TPSA) is 69.6 Å². The third kappa shape index (κ3) is 6.22. The van der Waals surface area contributed by atoms with Gasteiger partial charge in [-0.2, -0.15) is 0 Å². The lowest BCUT2D eigenvalue weighted by Gasteiger charge is -2.41. The summed E-state index contributed by atoms with van der Waals surface area (Å²) in [4.78, 5) is 29.3. The van der Waals surface area contributed by atoms with Gasteiger partial charge in [0.2, 0.25) is 5.91 Å². The fourth-order valence-electron chi connectivity index (χ4n) is 5.34. The molecule has 1 fully saturated rings. The monoisotopic (exact) mass is 530 g/mol. The van der Waals surface area contributed by atoms with Crippen LogP contribution in [0.3, 0.4) is 0 Å². The fourth-order valence-corrected chi connectivity index (χ4v) is 5.34. The lowest BCUT2D eigenvalue weighted by molar-refractivity contribution is -0.123. The second kappa shape index (κ2) is 10.9. The molecule has 0 bridgehead atoms. The summed E-state index contributed by atoms with van der Waals surface area (Å²) in [6, 6.07) is 19.2. The first kappa shape index (κ1) is 28.5. The van der Waals surface area contributed by atoms with Crippen LogP contribution < -0.4 is 5.32 Å². The Morgan fingerprint density at radius 2 is 1.62 bits per heavy atom. The number of nitrogens with one attached hydrogen (secondary N) is 1. The van der Waals surface area contributed by atoms with Gasteiger partial charge in [0.05, 0.1) is 23.1 Å². The van der Waals surface area contributed by atoms with Gasteiger partial charge in [0.15, 0.2) is 0 Å². The van der Waals surface area contributed by atoms with Crippen molar-refractivity contribution in [2.75, 3.05) is 11.9 Å². The zero-order chi connectivity index (χ0) is 28.5. The number of carbonyl (C=O) groups is 2. The number of piperidine rings is 1. The lowest BCUT2D eigenvalue weighted by Crippen LogP contribution is -2.46.